The van der Waals surface area contributed by atoms with Crippen LogP contribution in [0.4, 0.5) is 0 Å². The molecule has 0 amide bonds. The molecular weight excluding hydrogens is 248 g/mol. The van der Waals surface area contributed by atoms with Gasteiger partial charge in [-0.15, -0.1) is 0 Å². The van der Waals surface area contributed by atoms with Crippen LogP contribution < -0.4 is 5.32 Å². The smallest absolute Gasteiger partial charge is 0.133 e. The minimum Gasteiger partial charge on any atom is -0.375 e. The Bertz CT molecular complexity index is 373. The Kier molecular flexibility index (Phi) is 4.06. The van der Waals surface area contributed by atoms with Gasteiger partial charge in [-0.05, 0) is 62.7 Å². The average Bonchev–Trinajstić information content (AvgIpc) is 3.25. The summed E-state index contributed by atoms with van der Waals surface area (Å²) in [6.45, 7) is 5.24. The number of nitrogens with zero attached hydrogens (tertiary/aromatic N) is 1. The van der Waals surface area contributed by atoms with E-state index in [2.05, 4.69) is 25.2 Å². The van der Waals surface area contributed by atoms with Gasteiger partial charge in [-0.3, -0.25) is 5.32 Å². The van der Waals surface area contributed by atoms with Crippen molar-refractivity contribution in [2.45, 2.75) is 76.5 Å². The molecule has 3 unspecified atom stereocenters. The topological polar surface area (TPSA) is 45.0 Å². The minimum atomic E-state index is -0.398. The lowest BCUT2D eigenvalue weighted by Crippen LogP contribution is -2.52. The summed E-state index contributed by atoms with van der Waals surface area (Å²) in [4.78, 5) is 0. The van der Waals surface area contributed by atoms with E-state index in [1.54, 1.807) is 0 Å². The fraction of sp³-hybridized carbons (Fsp3) is 0.941. The molecule has 0 heterocycles. The molecule has 0 spiro atoms. The van der Waals surface area contributed by atoms with Crippen LogP contribution in [-0.2, 0) is 4.74 Å². The van der Waals surface area contributed by atoms with Crippen LogP contribution in [-0.4, -0.2) is 24.3 Å². The average molecular weight is 276 g/mol. The molecule has 0 radical (unpaired) electrons. The van der Waals surface area contributed by atoms with Crippen molar-refractivity contribution >= 4 is 0 Å². The van der Waals surface area contributed by atoms with Gasteiger partial charge in [0, 0.05) is 6.04 Å². The molecule has 1 N–H and O–H groups in total. The molecule has 0 aromatic carbocycles. The number of hydrogen-bond acceptors (Lipinski definition) is 3. The highest BCUT2D eigenvalue weighted by atomic mass is 16.5. The Hall–Kier alpha value is -0.590. The number of nitrogens with one attached hydrogen (secondary N) is 1. The van der Waals surface area contributed by atoms with E-state index in [0.717, 1.165) is 11.8 Å². The van der Waals surface area contributed by atoms with Crippen LogP contribution >= 0.6 is 0 Å². The van der Waals surface area contributed by atoms with Gasteiger partial charge in [0.1, 0.15) is 5.54 Å². The fourth-order valence-electron chi connectivity index (χ4n) is 3.86. The molecule has 0 aliphatic heterocycles. The summed E-state index contributed by atoms with van der Waals surface area (Å²) >= 11 is 0. The number of rotatable bonds is 6. The monoisotopic (exact) mass is 276 g/mol. The summed E-state index contributed by atoms with van der Waals surface area (Å²) in [5.74, 6) is 2.04. The van der Waals surface area contributed by atoms with Gasteiger partial charge in [-0.25, -0.2) is 0 Å². The lowest BCUT2D eigenvalue weighted by atomic mass is 9.81. The molecule has 0 aromatic heterocycles. The molecule has 112 valence electrons. The van der Waals surface area contributed by atoms with Gasteiger partial charge in [0.2, 0.25) is 0 Å². The number of nitriles is 1. The van der Waals surface area contributed by atoms with E-state index in [9.17, 15) is 5.26 Å². The first-order valence-corrected chi connectivity index (χ1v) is 8.42. The number of ether oxygens (including phenoxy) is 1. The molecule has 3 heteroatoms. The maximum absolute atomic E-state index is 9.70. The second-order valence-corrected chi connectivity index (χ2v) is 7.63. The van der Waals surface area contributed by atoms with E-state index in [1.165, 1.54) is 44.9 Å². The van der Waals surface area contributed by atoms with E-state index < -0.39 is 5.54 Å². The third-order valence-corrected chi connectivity index (χ3v) is 5.19. The normalized spacial score (nSPS) is 37.1. The van der Waals surface area contributed by atoms with Crippen LogP contribution in [0.15, 0.2) is 0 Å². The Morgan fingerprint density at radius 1 is 1.10 bits per heavy atom. The van der Waals surface area contributed by atoms with E-state index in [-0.39, 0.29) is 0 Å². The summed E-state index contributed by atoms with van der Waals surface area (Å²) < 4.78 is 6.23. The van der Waals surface area contributed by atoms with Gasteiger partial charge in [-0.1, -0.05) is 13.8 Å². The first-order valence-electron chi connectivity index (χ1n) is 8.42. The zero-order chi connectivity index (χ0) is 14.2. The van der Waals surface area contributed by atoms with Gasteiger partial charge in [0.25, 0.3) is 0 Å². The van der Waals surface area contributed by atoms with Crippen LogP contribution in [0, 0.1) is 29.1 Å². The zero-order valence-electron chi connectivity index (χ0n) is 12.9. The van der Waals surface area contributed by atoms with Gasteiger partial charge in [-0.2, -0.15) is 5.26 Å². The second-order valence-electron chi connectivity index (χ2n) is 7.63. The van der Waals surface area contributed by atoms with Crippen molar-refractivity contribution < 1.29 is 4.74 Å². The van der Waals surface area contributed by atoms with E-state index in [4.69, 9.17) is 4.74 Å². The number of hydrogen-bond donors (Lipinski definition) is 1. The summed E-state index contributed by atoms with van der Waals surface area (Å²) in [5, 5.41) is 13.3. The Morgan fingerprint density at radius 2 is 1.75 bits per heavy atom. The van der Waals surface area contributed by atoms with Crippen molar-refractivity contribution in [3.8, 4) is 6.07 Å². The van der Waals surface area contributed by atoms with Crippen LogP contribution in [0.25, 0.3) is 0 Å². The summed E-state index contributed by atoms with van der Waals surface area (Å²) in [5.41, 5.74) is -0.398. The van der Waals surface area contributed by atoms with Crippen molar-refractivity contribution in [1.82, 2.24) is 5.32 Å². The molecular formula is C17H28N2O. The molecule has 3 aliphatic carbocycles. The summed E-state index contributed by atoms with van der Waals surface area (Å²) in [7, 11) is 0. The molecule has 3 aliphatic rings. The van der Waals surface area contributed by atoms with Crippen molar-refractivity contribution in [3.63, 3.8) is 0 Å². The third-order valence-electron chi connectivity index (χ3n) is 5.19. The summed E-state index contributed by atoms with van der Waals surface area (Å²) in [6.07, 6.45) is 8.86. The zero-order valence-corrected chi connectivity index (χ0v) is 12.9. The maximum atomic E-state index is 9.70. The Morgan fingerprint density at radius 3 is 2.25 bits per heavy atom. The van der Waals surface area contributed by atoms with Gasteiger partial charge >= 0.3 is 0 Å². The van der Waals surface area contributed by atoms with E-state index in [0.29, 0.717) is 24.7 Å². The molecule has 20 heavy (non-hydrogen) atoms. The molecule has 3 rings (SSSR count). The van der Waals surface area contributed by atoms with E-state index in [1.807, 2.05) is 0 Å². The predicted octanol–water partition coefficient (Wildman–Crippen LogP) is 3.25. The van der Waals surface area contributed by atoms with Crippen LogP contribution in [0.2, 0.25) is 0 Å². The Balaban J connectivity index is 1.57. The third kappa shape index (κ3) is 3.35. The van der Waals surface area contributed by atoms with E-state index >= 15 is 0 Å². The fourth-order valence-corrected chi connectivity index (χ4v) is 3.86. The minimum absolute atomic E-state index is 0.362. The SMILES string of the molecule is CC1CC(C)CC(OCC(C#N)(NC2CC2)C2CC2)C1. The van der Waals surface area contributed by atoms with Crippen LogP contribution in [0.3, 0.4) is 0 Å². The van der Waals surface area contributed by atoms with Crippen molar-refractivity contribution in [2.75, 3.05) is 6.61 Å². The lowest BCUT2D eigenvalue weighted by molar-refractivity contribution is -0.0233. The first-order chi connectivity index (χ1) is 9.61. The highest BCUT2D eigenvalue weighted by Gasteiger charge is 2.49. The molecule has 3 fully saturated rings. The molecule has 3 nitrogen and oxygen atoms in total. The standard InChI is InChI=1S/C17H28N2O/c1-12-7-13(2)9-16(8-12)20-11-17(10-18,14-3-4-14)19-15-5-6-15/h12-16,19H,3-9,11H2,1-2H3. The predicted molar refractivity (Wildman–Crippen MR) is 79.1 cm³/mol. The van der Waals surface area contributed by atoms with Crippen molar-refractivity contribution in [1.29, 1.82) is 5.26 Å². The summed E-state index contributed by atoms with van der Waals surface area (Å²) in [6, 6.07) is 3.15. The quantitative estimate of drug-likeness (QED) is 0.810. The van der Waals surface area contributed by atoms with Crippen molar-refractivity contribution in [3.05, 3.63) is 0 Å². The van der Waals surface area contributed by atoms with Gasteiger partial charge in [0.05, 0.1) is 18.8 Å². The largest absolute Gasteiger partial charge is 0.375 e. The highest BCUT2D eigenvalue weighted by molar-refractivity contribution is 5.17. The highest BCUT2D eigenvalue weighted by Crippen LogP contribution is 2.42. The van der Waals surface area contributed by atoms with Crippen LogP contribution in [0.5, 0.6) is 0 Å². The van der Waals surface area contributed by atoms with Gasteiger partial charge < -0.3 is 4.74 Å². The molecule has 0 saturated heterocycles. The molecule has 0 aromatic rings. The molecule has 0 bridgehead atoms. The first kappa shape index (κ1) is 14.4. The lowest BCUT2D eigenvalue weighted by Gasteiger charge is -2.35. The second kappa shape index (κ2) is 5.66. The van der Waals surface area contributed by atoms with Gasteiger partial charge in [0.15, 0.2) is 0 Å². The maximum Gasteiger partial charge on any atom is 0.133 e. The Labute approximate surface area is 123 Å². The molecule has 3 saturated carbocycles. The van der Waals surface area contributed by atoms with Crippen LogP contribution in [0.1, 0.15) is 58.8 Å². The van der Waals surface area contributed by atoms with Crippen molar-refractivity contribution in [2.24, 2.45) is 17.8 Å². The molecule has 3 atom stereocenters.